The molecule has 3 aromatic carbocycles. The molecule has 1 aliphatic rings. The van der Waals surface area contributed by atoms with Gasteiger partial charge in [0.1, 0.15) is 24.7 Å². The van der Waals surface area contributed by atoms with Crippen LogP contribution >= 0.6 is 0 Å². The number of carbonyl (C=O) groups is 10. The van der Waals surface area contributed by atoms with Crippen molar-refractivity contribution in [2.45, 2.75) is 156 Å². The Hall–Kier alpha value is -8.45. The number of hydrogen-bond acceptors (Lipinski definition) is 14. The number of carbonyl (C=O) groups excluding carboxylic acids is 10. The summed E-state index contributed by atoms with van der Waals surface area (Å²) in [5.74, 6) is -5.15. The number of anilines is 2. The highest BCUT2D eigenvalue weighted by molar-refractivity contribution is 7.89. The van der Waals surface area contributed by atoms with E-state index >= 15 is 0 Å². The van der Waals surface area contributed by atoms with Crippen LogP contribution in [0.15, 0.2) is 103 Å². The summed E-state index contributed by atoms with van der Waals surface area (Å²) >= 11 is 0. The number of rotatable bonds is 32. The first-order valence-electron chi connectivity index (χ1n) is 29.4. The van der Waals surface area contributed by atoms with Crippen molar-refractivity contribution in [1.29, 1.82) is 0 Å². The number of urea groups is 1. The first-order valence-corrected chi connectivity index (χ1v) is 31.0. The minimum atomic E-state index is -4.25. The molecular weight excluding hydrogens is 1150 g/mol. The topological polar surface area (TPSA) is 343 Å². The van der Waals surface area contributed by atoms with Gasteiger partial charge >= 0.3 is 12.1 Å². The van der Waals surface area contributed by atoms with Crippen LogP contribution in [0.4, 0.5) is 21.0 Å². The minimum absolute atomic E-state index is 0.0469. The molecule has 0 fully saturated rings. The van der Waals surface area contributed by atoms with Gasteiger partial charge in [-0.1, -0.05) is 129 Å². The van der Waals surface area contributed by atoms with Crippen LogP contribution in [-0.2, 0) is 70.9 Å². The summed E-state index contributed by atoms with van der Waals surface area (Å²) < 4.78 is 34.1. The van der Waals surface area contributed by atoms with Gasteiger partial charge in [-0.25, -0.2) is 22.7 Å². The Kier molecular flexibility index (Phi) is 27.1. The van der Waals surface area contributed by atoms with Crippen LogP contribution in [-0.4, -0.2) is 135 Å². The molecule has 1 heterocycles. The van der Waals surface area contributed by atoms with E-state index in [1.165, 1.54) is 54.3 Å². The molecule has 0 saturated heterocycles. The zero-order chi connectivity index (χ0) is 65.7. The Balaban J connectivity index is 1.29. The monoisotopic (exact) mass is 1240 g/mol. The SMILES string of the molecule is CN[C@H](C(=O)N[C@H](C(=O)N(C)[C@H](/C=C(\C)C(=O)NS(=O)(=O)Cc1ccc(NC(=O)OCc2ccc(NC(=O)[C@@H](CCCNC(N)=O)NC(=O)C(NC(=O)CCCCCN3C(=O)C=CC3=O)C(C)C)cc2)cc1)C(C)C)C(C)(C)C)C(C)(C)c1ccccc1. The van der Waals surface area contributed by atoms with Crippen molar-refractivity contribution in [3.8, 4) is 0 Å². The first-order chi connectivity index (χ1) is 41.2. The number of primary amides is 1. The molecule has 1 unspecified atom stereocenters. The maximum Gasteiger partial charge on any atom is 0.411 e. The normalized spacial score (nSPS) is 14.5. The molecular formula is C63H89N11O13S. The van der Waals surface area contributed by atoms with Gasteiger partial charge in [0.2, 0.25) is 39.6 Å². The molecule has 10 N–H and O–H groups in total. The van der Waals surface area contributed by atoms with Crippen molar-refractivity contribution in [3.05, 3.63) is 119 Å². The van der Waals surface area contributed by atoms with E-state index in [9.17, 15) is 56.4 Å². The van der Waals surface area contributed by atoms with E-state index in [2.05, 4.69) is 41.9 Å². The molecule has 0 saturated carbocycles. The Bertz CT molecular complexity index is 3110. The highest BCUT2D eigenvalue weighted by Crippen LogP contribution is 2.29. The Labute approximate surface area is 516 Å². The fourth-order valence-corrected chi connectivity index (χ4v) is 10.9. The number of unbranched alkanes of at least 4 members (excludes halogenated alkanes) is 2. The van der Waals surface area contributed by atoms with Crippen molar-refractivity contribution >= 4 is 80.8 Å². The number of likely N-dealkylation sites (N-methyl/N-ethyl adjacent to an activating group) is 2. The van der Waals surface area contributed by atoms with Crippen LogP contribution in [0, 0.1) is 17.3 Å². The molecule has 0 bridgehead atoms. The summed E-state index contributed by atoms with van der Waals surface area (Å²) in [5.41, 5.74) is 6.28. The van der Waals surface area contributed by atoms with E-state index in [1.807, 2.05) is 78.8 Å². The zero-order valence-electron chi connectivity index (χ0n) is 52.5. The van der Waals surface area contributed by atoms with E-state index in [1.54, 1.807) is 52.2 Å². The van der Waals surface area contributed by atoms with Gasteiger partial charge in [0.15, 0.2) is 0 Å². The van der Waals surface area contributed by atoms with Crippen molar-refractivity contribution in [2.24, 2.45) is 23.0 Å². The highest BCUT2D eigenvalue weighted by atomic mass is 32.2. The fourth-order valence-electron chi connectivity index (χ4n) is 9.75. The summed E-state index contributed by atoms with van der Waals surface area (Å²) in [6.07, 6.45) is 5.09. The molecule has 4 rings (SSSR count). The largest absolute Gasteiger partial charge is 0.444 e. The summed E-state index contributed by atoms with van der Waals surface area (Å²) in [6, 6.07) is 16.6. The maximum atomic E-state index is 14.4. The third-order valence-corrected chi connectivity index (χ3v) is 16.1. The molecule has 0 spiro atoms. The lowest BCUT2D eigenvalue weighted by Crippen LogP contribution is -2.61. The number of imide groups is 1. The lowest BCUT2D eigenvalue weighted by Gasteiger charge is -2.40. The van der Waals surface area contributed by atoms with Crippen LogP contribution < -0.4 is 47.7 Å². The van der Waals surface area contributed by atoms with Gasteiger partial charge in [0.05, 0.1) is 17.8 Å². The molecule has 0 aliphatic carbocycles. The predicted octanol–water partition coefficient (Wildman–Crippen LogP) is 5.41. The van der Waals surface area contributed by atoms with Gasteiger partial charge in [-0.3, -0.25) is 48.6 Å². The highest BCUT2D eigenvalue weighted by Gasteiger charge is 2.42. The second-order valence-electron chi connectivity index (χ2n) is 24.2. The smallest absolute Gasteiger partial charge is 0.411 e. The Morgan fingerprint density at radius 1 is 0.705 bits per heavy atom. The molecule has 3 aromatic rings. The molecule has 24 nitrogen and oxygen atoms in total. The van der Waals surface area contributed by atoms with Crippen molar-refractivity contribution in [1.82, 2.24) is 41.1 Å². The van der Waals surface area contributed by atoms with Crippen molar-refractivity contribution in [2.75, 3.05) is 37.8 Å². The van der Waals surface area contributed by atoms with Crippen molar-refractivity contribution < 1.29 is 61.1 Å². The summed E-state index contributed by atoms with van der Waals surface area (Å²) in [6.45, 7) is 18.3. The summed E-state index contributed by atoms with van der Waals surface area (Å²) in [5, 5.41) is 19.4. The minimum Gasteiger partial charge on any atom is -0.444 e. The second-order valence-corrected chi connectivity index (χ2v) is 25.9. The molecule has 25 heteroatoms. The van der Waals surface area contributed by atoms with Gasteiger partial charge in [-0.15, -0.1) is 0 Å². The number of nitrogens with two attached hydrogens (primary N) is 1. The van der Waals surface area contributed by atoms with Crippen molar-refractivity contribution in [3.63, 3.8) is 0 Å². The summed E-state index contributed by atoms with van der Waals surface area (Å²) in [4.78, 5) is 132. The number of ether oxygens (including phenoxy) is 1. The van der Waals surface area contributed by atoms with Crippen LogP contribution in [0.5, 0.6) is 0 Å². The number of nitrogens with one attached hydrogen (secondary N) is 8. The molecule has 0 aromatic heterocycles. The molecule has 480 valence electrons. The van der Waals surface area contributed by atoms with Crippen LogP contribution in [0.2, 0.25) is 0 Å². The quantitative estimate of drug-likeness (QED) is 0.0215. The van der Waals surface area contributed by atoms with E-state index in [4.69, 9.17) is 10.5 Å². The average Bonchev–Trinajstić information content (AvgIpc) is 2.06. The van der Waals surface area contributed by atoms with Gasteiger partial charge < -0.3 is 47.3 Å². The van der Waals surface area contributed by atoms with Crippen LogP contribution in [0.3, 0.4) is 0 Å². The Morgan fingerprint density at radius 2 is 1.30 bits per heavy atom. The first kappa shape index (κ1) is 72.0. The lowest BCUT2D eigenvalue weighted by molar-refractivity contribution is -0.141. The number of benzene rings is 3. The van der Waals surface area contributed by atoms with Gasteiger partial charge in [-0.2, -0.15) is 0 Å². The standard InChI is InChI=1S/C63H89N11O13S/c1-39(2)48(73(12)59(82)54(62(6,7)8)71-58(81)53(65-11)63(9,10)44-20-15-13-16-21-44)36-41(5)55(78)72-88(85,86)38-43-26-30-46(31-27-43)68-61(84)87-37-42-24-28-45(29-25-42)67-56(79)47(22-19-34-66-60(64)83)69-57(80)52(40(3)4)70-49(75)23-17-14-18-35-74-50(76)32-33-51(74)77/h13,15-16,20-21,24-33,36,39-40,47-48,52-54,65H,14,17-19,22-23,34-35,37-38H2,1-12H3,(H,67,79)(H,68,84)(H,69,80)(H,70,75)(H,71,81)(H,72,78)(H3,64,66,83)/b41-36+/t47-,48-,52?,53-,54-/m1/s1. The predicted molar refractivity (Wildman–Crippen MR) is 335 cm³/mol. The number of hydrogen-bond donors (Lipinski definition) is 9. The third kappa shape index (κ3) is 22.4. The van der Waals surface area contributed by atoms with Crippen LogP contribution in [0.25, 0.3) is 0 Å². The molecule has 5 atom stereocenters. The van der Waals surface area contributed by atoms with Gasteiger partial charge in [0, 0.05) is 61.1 Å². The molecule has 0 radical (unpaired) electrons. The maximum absolute atomic E-state index is 14.4. The third-order valence-electron chi connectivity index (χ3n) is 14.9. The zero-order valence-corrected chi connectivity index (χ0v) is 53.4. The van der Waals surface area contributed by atoms with E-state index in [0.29, 0.717) is 36.1 Å². The molecule has 1 aliphatic heterocycles. The van der Waals surface area contributed by atoms with E-state index in [-0.39, 0.29) is 85.7 Å². The number of sulfonamides is 1. The fraction of sp³-hybridized carbons (Fsp3) is 0.492. The van der Waals surface area contributed by atoms with Crippen LogP contribution in [0.1, 0.15) is 124 Å². The van der Waals surface area contributed by atoms with Gasteiger partial charge in [-0.05, 0) is 97.9 Å². The second kappa shape index (κ2) is 33.1. The number of amides is 11. The lowest BCUT2D eigenvalue weighted by atomic mass is 9.76. The summed E-state index contributed by atoms with van der Waals surface area (Å²) in [7, 11) is -0.972. The average molecular weight is 1240 g/mol. The number of nitrogens with zero attached hydrogens (tertiary/aromatic N) is 2. The van der Waals surface area contributed by atoms with E-state index in [0.717, 1.165) is 10.5 Å². The van der Waals surface area contributed by atoms with Gasteiger partial charge in [0.25, 0.3) is 17.7 Å². The van der Waals surface area contributed by atoms with E-state index < -0.39 is 92.6 Å². The molecule has 11 amide bonds. The molecule has 88 heavy (non-hydrogen) atoms. The Morgan fingerprint density at radius 3 is 1.85 bits per heavy atom.